The molecule has 0 aliphatic carbocycles. The lowest BCUT2D eigenvalue weighted by atomic mass is 10.0. The number of hydrogen-bond acceptors (Lipinski definition) is 3. The van der Waals surface area contributed by atoms with Gasteiger partial charge in [-0.2, -0.15) is 4.31 Å². The number of carbonyl (C=O) groups excluding carboxylic acids is 1. The van der Waals surface area contributed by atoms with Gasteiger partial charge in [0.15, 0.2) is 0 Å². The molecular weight excluding hydrogens is 336 g/mol. The van der Waals surface area contributed by atoms with Crippen LogP contribution in [0.2, 0.25) is 0 Å². The standard InChI is InChI=1S/C19H22N2O3S/c1-20(2)19(22)16-9-5-11-18(13-16)25(23,24)21-12-6-10-15-7-3-4-8-17(15)14-21/h3-5,7-9,11,13H,6,10,12,14H2,1-2H3. The molecule has 5 nitrogen and oxygen atoms in total. The van der Waals surface area contributed by atoms with Gasteiger partial charge < -0.3 is 4.90 Å². The first-order valence-corrected chi connectivity index (χ1v) is 9.72. The van der Waals surface area contributed by atoms with E-state index in [-0.39, 0.29) is 10.8 Å². The zero-order valence-corrected chi connectivity index (χ0v) is 15.3. The Morgan fingerprint density at radius 1 is 1.04 bits per heavy atom. The predicted molar refractivity (Wildman–Crippen MR) is 96.8 cm³/mol. The van der Waals surface area contributed by atoms with Crippen molar-refractivity contribution in [2.75, 3.05) is 20.6 Å². The minimum absolute atomic E-state index is 0.166. The first kappa shape index (κ1) is 17.6. The van der Waals surface area contributed by atoms with Crippen LogP contribution in [-0.2, 0) is 23.0 Å². The lowest BCUT2D eigenvalue weighted by Gasteiger charge is -2.21. The fraction of sp³-hybridized carbons (Fsp3) is 0.316. The molecule has 0 aromatic heterocycles. The highest BCUT2D eigenvalue weighted by Crippen LogP contribution is 2.25. The van der Waals surface area contributed by atoms with Gasteiger partial charge in [-0.15, -0.1) is 0 Å². The van der Waals surface area contributed by atoms with E-state index in [1.54, 1.807) is 32.3 Å². The smallest absolute Gasteiger partial charge is 0.253 e. The van der Waals surface area contributed by atoms with Crippen molar-refractivity contribution in [1.29, 1.82) is 0 Å². The summed E-state index contributed by atoms with van der Waals surface area (Å²) >= 11 is 0. The molecule has 0 bridgehead atoms. The summed E-state index contributed by atoms with van der Waals surface area (Å²) in [7, 11) is -0.351. The van der Waals surface area contributed by atoms with Gasteiger partial charge >= 0.3 is 0 Å². The number of fused-ring (bicyclic) bond motifs is 1. The summed E-state index contributed by atoms with van der Waals surface area (Å²) < 4.78 is 27.7. The van der Waals surface area contributed by atoms with Crippen molar-refractivity contribution in [2.45, 2.75) is 24.3 Å². The highest BCUT2D eigenvalue weighted by molar-refractivity contribution is 7.89. The number of benzene rings is 2. The number of amides is 1. The molecule has 0 fully saturated rings. The van der Waals surface area contributed by atoms with Crippen LogP contribution < -0.4 is 0 Å². The van der Waals surface area contributed by atoms with Crippen molar-refractivity contribution in [2.24, 2.45) is 0 Å². The maximum atomic E-state index is 13.1. The molecule has 1 aliphatic heterocycles. The highest BCUT2D eigenvalue weighted by Gasteiger charge is 2.27. The topological polar surface area (TPSA) is 57.7 Å². The van der Waals surface area contributed by atoms with E-state index >= 15 is 0 Å². The number of rotatable bonds is 3. The summed E-state index contributed by atoms with van der Waals surface area (Å²) in [6, 6.07) is 14.2. The molecule has 0 N–H and O–H groups in total. The van der Waals surface area contributed by atoms with Crippen LogP contribution in [0.5, 0.6) is 0 Å². The van der Waals surface area contributed by atoms with Gasteiger partial charge in [0.25, 0.3) is 5.91 Å². The van der Waals surface area contributed by atoms with E-state index in [1.807, 2.05) is 18.2 Å². The van der Waals surface area contributed by atoms with Gasteiger partial charge in [0.1, 0.15) is 0 Å². The monoisotopic (exact) mass is 358 g/mol. The van der Waals surface area contributed by atoms with Crippen LogP contribution in [-0.4, -0.2) is 44.2 Å². The molecule has 132 valence electrons. The van der Waals surface area contributed by atoms with Crippen molar-refractivity contribution in [3.05, 3.63) is 65.2 Å². The third kappa shape index (κ3) is 3.60. The molecule has 1 heterocycles. The van der Waals surface area contributed by atoms with Gasteiger partial charge in [0.05, 0.1) is 4.90 Å². The quantitative estimate of drug-likeness (QED) is 0.847. The van der Waals surface area contributed by atoms with Crippen LogP contribution in [0.4, 0.5) is 0 Å². The minimum atomic E-state index is -3.65. The number of sulfonamides is 1. The summed E-state index contributed by atoms with van der Waals surface area (Å²) in [6.07, 6.45) is 1.66. The number of nitrogens with zero attached hydrogens (tertiary/aromatic N) is 2. The Balaban J connectivity index is 1.94. The van der Waals surface area contributed by atoms with Gasteiger partial charge in [-0.05, 0) is 42.2 Å². The Hall–Kier alpha value is -2.18. The van der Waals surface area contributed by atoms with Crippen LogP contribution in [0.1, 0.15) is 27.9 Å². The van der Waals surface area contributed by atoms with E-state index in [2.05, 4.69) is 6.07 Å². The van der Waals surface area contributed by atoms with E-state index in [0.29, 0.717) is 18.7 Å². The summed E-state index contributed by atoms with van der Waals surface area (Å²) in [5.74, 6) is -0.210. The molecule has 0 spiro atoms. The molecule has 0 unspecified atom stereocenters. The molecule has 6 heteroatoms. The van der Waals surface area contributed by atoms with Gasteiger partial charge in [-0.3, -0.25) is 4.79 Å². The van der Waals surface area contributed by atoms with Crippen LogP contribution in [0, 0.1) is 0 Å². The van der Waals surface area contributed by atoms with E-state index < -0.39 is 10.0 Å². The Morgan fingerprint density at radius 3 is 2.48 bits per heavy atom. The molecule has 3 rings (SSSR count). The molecule has 0 saturated carbocycles. The van der Waals surface area contributed by atoms with Gasteiger partial charge in [0.2, 0.25) is 10.0 Å². The third-order valence-electron chi connectivity index (χ3n) is 4.44. The van der Waals surface area contributed by atoms with Crippen LogP contribution in [0.25, 0.3) is 0 Å². The molecule has 0 radical (unpaired) electrons. The fourth-order valence-corrected chi connectivity index (χ4v) is 4.58. The minimum Gasteiger partial charge on any atom is -0.345 e. The number of hydrogen-bond donors (Lipinski definition) is 0. The Labute approximate surface area is 148 Å². The Kier molecular flexibility index (Phi) is 4.92. The van der Waals surface area contributed by atoms with Crippen LogP contribution >= 0.6 is 0 Å². The summed E-state index contributed by atoms with van der Waals surface area (Å²) in [4.78, 5) is 13.7. The normalized spacial score (nSPS) is 15.3. The summed E-state index contributed by atoms with van der Waals surface area (Å²) in [5.41, 5.74) is 2.63. The molecule has 1 amide bonds. The first-order chi connectivity index (χ1) is 11.9. The second kappa shape index (κ2) is 6.98. The van der Waals surface area contributed by atoms with Crippen molar-refractivity contribution in [1.82, 2.24) is 9.21 Å². The first-order valence-electron chi connectivity index (χ1n) is 8.28. The lowest BCUT2D eigenvalue weighted by molar-refractivity contribution is 0.0827. The van der Waals surface area contributed by atoms with E-state index in [4.69, 9.17) is 0 Å². The van der Waals surface area contributed by atoms with Crippen molar-refractivity contribution in [3.63, 3.8) is 0 Å². The average Bonchev–Trinajstić information content (AvgIpc) is 2.84. The highest BCUT2D eigenvalue weighted by atomic mass is 32.2. The Morgan fingerprint density at radius 2 is 1.76 bits per heavy atom. The van der Waals surface area contributed by atoms with Crippen molar-refractivity contribution >= 4 is 15.9 Å². The van der Waals surface area contributed by atoms with Gasteiger partial charge in [-0.1, -0.05) is 30.3 Å². The molecule has 0 atom stereocenters. The lowest BCUT2D eigenvalue weighted by Crippen LogP contribution is -2.31. The maximum Gasteiger partial charge on any atom is 0.253 e. The summed E-state index contributed by atoms with van der Waals surface area (Å²) in [5, 5.41) is 0. The zero-order chi connectivity index (χ0) is 18.0. The second-order valence-electron chi connectivity index (χ2n) is 6.44. The van der Waals surface area contributed by atoms with E-state index in [0.717, 1.165) is 18.4 Å². The predicted octanol–water partition coefficient (Wildman–Crippen LogP) is 2.53. The number of carbonyl (C=O) groups is 1. The molecular formula is C19H22N2O3S. The fourth-order valence-electron chi connectivity index (χ4n) is 3.07. The van der Waals surface area contributed by atoms with Gasteiger partial charge in [-0.25, -0.2) is 8.42 Å². The van der Waals surface area contributed by atoms with Crippen molar-refractivity contribution < 1.29 is 13.2 Å². The molecule has 25 heavy (non-hydrogen) atoms. The summed E-state index contributed by atoms with van der Waals surface area (Å²) in [6.45, 7) is 0.841. The molecule has 1 aliphatic rings. The molecule has 0 saturated heterocycles. The Bertz CT molecular complexity index is 891. The van der Waals surface area contributed by atoms with E-state index in [9.17, 15) is 13.2 Å². The van der Waals surface area contributed by atoms with Crippen LogP contribution in [0.3, 0.4) is 0 Å². The maximum absolute atomic E-state index is 13.1. The molecule has 2 aromatic rings. The average molecular weight is 358 g/mol. The van der Waals surface area contributed by atoms with Gasteiger partial charge in [0, 0.05) is 32.7 Å². The van der Waals surface area contributed by atoms with Crippen molar-refractivity contribution in [3.8, 4) is 0 Å². The SMILES string of the molecule is CN(C)C(=O)c1cccc(S(=O)(=O)N2CCCc3ccccc3C2)c1. The molecule has 2 aromatic carbocycles. The van der Waals surface area contributed by atoms with E-state index in [1.165, 1.54) is 20.8 Å². The number of aryl methyl sites for hydroxylation is 1. The third-order valence-corrected chi connectivity index (χ3v) is 6.28. The largest absolute Gasteiger partial charge is 0.345 e. The second-order valence-corrected chi connectivity index (χ2v) is 8.38. The zero-order valence-electron chi connectivity index (χ0n) is 14.5. The van der Waals surface area contributed by atoms with Crippen LogP contribution in [0.15, 0.2) is 53.4 Å².